The van der Waals surface area contributed by atoms with Crippen molar-refractivity contribution in [3.8, 4) is 0 Å². The summed E-state index contributed by atoms with van der Waals surface area (Å²) in [5, 5.41) is 5.41. The van der Waals surface area contributed by atoms with Gasteiger partial charge in [0.05, 0.1) is 12.3 Å². The molecule has 3 nitrogen and oxygen atoms in total. The van der Waals surface area contributed by atoms with Crippen LogP contribution < -0.4 is 0 Å². The number of alkyl halides is 1. The van der Waals surface area contributed by atoms with Gasteiger partial charge in [-0.05, 0) is 32.3 Å². The molecule has 1 unspecified atom stereocenters. The molecule has 0 amide bonds. The van der Waals surface area contributed by atoms with Gasteiger partial charge < -0.3 is 4.74 Å². The van der Waals surface area contributed by atoms with Gasteiger partial charge in [-0.3, -0.25) is 4.68 Å². The van der Waals surface area contributed by atoms with Crippen LogP contribution in [0.15, 0.2) is 6.07 Å². The number of aromatic nitrogens is 2. The zero-order chi connectivity index (χ0) is 11.6. The second-order valence-corrected chi connectivity index (χ2v) is 5.43. The molecule has 0 bridgehead atoms. The number of rotatable bonds is 3. The van der Waals surface area contributed by atoms with Gasteiger partial charge in [0.25, 0.3) is 0 Å². The zero-order valence-electron chi connectivity index (χ0n) is 10.0. The molecule has 0 N–H and O–H groups in total. The van der Waals surface area contributed by atoms with E-state index in [0.29, 0.717) is 0 Å². The largest absolute Gasteiger partial charge is 0.381 e. The van der Waals surface area contributed by atoms with Crippen molar-refractivity contribution in [3.63, 3.8) is 0 Å². The first-order valence-electron chi connectivity index (χ1n) is 5.78. The zero-order valence-corrected chi connectivity index (χ0v) is 11.6. The number of nitrogens with zero attached hydrogens (tertiary/aromatic N) is 2. The molecular formula is C12H19BrN2O. The quantitative estimate of drug-likeness (QED) is 0.799. The minimum atomic E-state index is 0.262. The third kappa shape index (κ3) is 2.48. The Balaban J connectivity index is 2.14. The molecule has 1 aromatic heterocycles. The SMILES string of the molecule is Cc1cc(CC2(CBr)CCCOC2)n(C)n1. The Morgan fingerprint density at radius 3 is 2.94 bits per heavy atom. The fourth-order valence-electron chi connectivity index (χ4n) is 2.42. The molecule has 1 saturated heterocycles. The van der Waals surface area contributed by atoms with E-state index in [1.54, 1.807) is 0 Å². The van der Waals surface area contributed by atoms with Crippen molar-refractivity contribution < 1.29 is 4.74 Å². The summed E-state index contributed by atoms with van der Waals surface area (Å²) in [7, 11) is 2.02. The molecule has 16 heavy (non-hydrogen) atoms. The van der Waals surface area contributed by atoms with Gasteiger partial charge in [-0.2, -0.15) is 5.10 Å². The third-order valence-electron chi connectivity index (χ3n) is 3.34. The molecule has 1 aliphatic heterocycles. The summed E-state index contributed by atoms with van der Waals surface area (Å²) in [6.45, 7) is 3.82. The second-order valence-electron chi connectivity index (χ2n) is 4.87. The van der Waals surface area contributed by atoms with Crippen LogP contribution in [0.5, 0.6) is 0 Å². The smallest absolute Gasteiger partial charge is 0.0596 e. The van der Waals surface area contributed by atoms with Crippen molar-refractivity contribution in [2.24, 2.45) is 12.5 Å². The Labute approximate surface area is 105 Å². The predicted molar refractivity (Wildman–Crippen MR) is 67.9 cm³/mol. The Hall–Kier alpha value is -0.350. The molecule has 1 aromatic rings. The number of ether oxygens (including phenoxy) is 1. The minimum absolute atomic E-state index is 0.262. The van der Waals surface area contributed by atoms with Crippen molar-refractivity contribution in [3.05, 3.63) is 17.5 Å². The van der Waals surface area contributed by atoms with Crippen molar-refractivity contribution in [2.75, 3.05) is 18.5 Å². The Morgan fingerprint density at radius 1 is 1.62 bits per heavy atom. The Kier molecular flexibility index (Phi) is 3.70. The van der Waals surface area contributed by atoms with Crippen molar-refractivity contribution in [1.29, 1.82) is 0 Å². The maximum absolute atomic E-state index is 5.64. The highest BCUT2D eigenvalue weighted by Gasteiger charge is 2.33. The molecule has 0 aliphatic carbocycles. The molecule has 1 fully saturated rings. The molecule has 0 aromatic carbocycles. The third-order valence-corrected chi connectivity index (χ3v) is 4.53. The van der Waals surface area contributed by atoms with E-state index in [4.69, 9.17) is 4.74 Å². The molecule has 4 heteroatoms. The molecule has 0 radical (unpaired) electrons. The first-order chi connectivity index (χ1) is 7.65. The van der Waals surface area contributed by atoms with Crippen LogP contribution >= 0.6 is 15.9 Å². The van der Waals surface area contributed by atoms with E-state index in [1.807, 2.05) is 18.7 Å². The van der Waals surface area contributed by atoms with Crippen LogP contribution in [-0.2, 0) is 18.2 Å². The molecule has 2 rings (SSSR count). The van der Waals surface area contributed by atoms with Crippen LogP contribution in [0.3, 0.4) is 0 Å². The van der Waals surface area contributed by atoms with Crippen molar-refractivity contribution in [1.82, 2.24) is 9.78 Å². The summed E-state index contributed by atoms with van der Waals surface area (Å²) in [5.74, 6) is 0. The van der Waals surface area contributed by atoms with E-state index in [-0.39, 0.29) is 5.41 Å². The van der Waals surface area contributed by atoms with E-state index in [9.17, 15) is 0 Å². The van der Waals surface area contributed by atoms with E-state index in [0.717, 1.165) is 30.7 Å². The fourth-order valence-corrected chi connectivity index (χ4v) is 3.06. The van der Waals surface area contributed by atoms with Gasteiger partial charge in [-0.1, -0.05) is 15.9 Å². The van der Waals surface area contributed by atoms with Crippen LogP contribution in [0.4, 0.5) is 0 Å². The highest BCUT2D eigenvalue weighted by atomic mass is 79.9. The predicted octanol–water partition coefficient (Wildman–Crippen LogP) is 2.46. The van der Waals surface area contributed by atoms with Gasteiger partial charge in [-0.15, -0.1) is 0 Å². The van der Waals surface area contributed by atoms with Crippen LogP contribution in [0, 0.1) is 12.3 Å². The summed E-state index contributed by atoms with van der Waals surface area (Å²) in [5.41, 5.74) is 2.67. The van der Waals surface area contributed by atoms with Crippen molar-refractivity contribution >= 4 is 15.9 Å². The van der Waals surface area contributed by atoms with E-state index < -0.39 is 0 Å². The van der Waals surface area contributed by atoms with Gasteiger partial charge in [-0.25, -0.2) is 0 Å². The first-order valence-corrected chi connectivity index (χ1v) is 6.91. The van der Waals surface area contributed by atoms with Crippen molar-refractivity contribution in [2.45, 2.75) is 26.2 Å². The van der Waals surface area contributed by atoms with E-state index in [1.165, 1.54) is 18.5 Å². The van der Waals surface area contributed by atoms with Crippen LogP contribution in [0.1, 0.15) is 24.2 Å². The minimum Gasteiger partial charge on any atom is -0.381 e. The molecule has 1 atom stereocenters. The monoisotopic (exact) mass is 286 g/mol. The second kappa shape index (κ2) is 4.88. The topological polar surface area (TPSA) is 27.1 Å². The molecule has 90 valence electrons. The molecule has 0 saturated carbocycles. The number of aryl methyl sites for hydroxylation is 2. The summed E-state index contributed by atoms with van der Waals surface area (Å²) >= 11 is 3.65. The van der Waals surface area contributed by atoms with Gasteiger partial charge in [0.15, 0.2) is 0 Å². The number of hydrogen-bond donors (Lipinski definition) is 0. The number of hydrogen-bond acceptors (Lipinski definition) is 2. The lowest BCUT2D eigenvalue weighted by Gasteiger charge is -2.35. The molecular weight excluding hydrogens is 268 g/mol. The Morgan fingerprint density at radius 2 is 2.44 bits per heavy atom. The van der Waals surface area contributed by atoms with Crippen LogP contribution in [0.2, 0.25) is 0 Å². The van der Waals surface area contributed by atoms with Crippen LogP contribution in [-0.4, -0.2) is 28.3 Å². The van der Waals surface area contributed by atoms with Gasteiger partial charge in [0.2, 0.25) is 0 Å². The van der Waals surface area contributed by atoms with Gasteiger partial charge in [0, 0.05) is 30.1 Å². The van der Waals surface area contributed by atoms with E-state index in [2.05, 4.69) is 27.1 Å². The average Bonchev–Trinajstić information content (AvgIpc) is 2.59. The fraction of sp³-hybridized carbons (Fsp3) is 0.750. The average molecular weight is 287 g/mol. The normalized spacial score (nSPS) is 25.9. The maximum Gasteiger partial charge on any atom is 0.0596 e. The lowest BCUT2D eigenvalue weighted by Crippen LogP contribution is -2.36. The standard InChI is InChI=1S/C12H19BrN2O/c1-10-6-11(15(2)14-10)7-12(8-13)4-3-5-16-9-12/h6H,3-5,7-9H2,1-2H3. The molecule has 1 aliphatic rings. The van der Waals surface area contributed by atoms with E-state index >= 15 is 0 Å². The summed E-state index contributed by atoms with van der Waals surface area (Å²) < 4.78 is 7.63. The molecule has 0 spiro atoms. The van der Waals surface area contributed by atoms with Gasteiger partial charge in [0.1, 0.15) is 0 Å². The summed E-state index contributed by atoms with van der Waals surface area (Å²) in [6.07, 6.45) is 3.46. The van der Waals surface area contributed by atoms with Crippen LogP contribution in [0.25, 0.3) is 0 Å². The highest BCUT2D eigenvalue weighted by molar-refractivity contribution is 9.09. The number of halogens is 1. The summed E-state index contributed by atoms with van der Waals surface area (Å²) in [6, 6.07) is 2.18. The lowest BCUT2D eigenvalue weighted by atomic mass is 9.80. The van der Waals surface area contributed by atoms with Gasteiger partial charge >= 0.3 is 0 Å². The summed E-state index contributed by atoms with van der Waals surface area (Å²) in [4.78, 5) is 0. The Bertz CT molecular complexity index is 356. The maximum atomic E-state index is 5.64. The molecule has 2 heterocycles. The highest BCUT2D eigenvalue weighted by Crippen LogP contribution is 2.34. The lowest BCUT2D eigenvalue weighted by molar-refractivity contribution is 0.00528. The first kappa shape index (κ1) is 12.1.